The number of carbonyl (C=O) groups excluding carboxylic acids is 1. The molecule has 0 spiro atoms. The number of aromatic nitrogens is 1. The number of para-hydroxylation sites is 1. The molecule has 2 aromatic carbocycles. The highest BCUT2D eigenvalue weighted by Crippen LogP contribution is 2.30. The van der Waals surface area contributed by atoms with Gasteiger partial charge in [-0.15, -0.1) is 0 Å². The Bertz CT molecular complexity index is 944. The summed E-state index contributed by atoms with van der Waals surface area (Å²) in [6.45, 7) is 0.312. The third kappa shape index (κ3) is 4.83. The smallest absolute Gasteiger partial charge is 0.256 e. The number of carbonyl (C=O) groups is 1. The molecular weight excluding hydrogens is 383 g/mol. The number of benzene rings is 2. The van der Waals surface area contributed by atoms with Crippen LogP contribution in [-0.4, -0.2) is 30.9 Å². The monoisotopic (exact) mass is 402 g/mol. The third-order valence-corrected chi connectivity index (χ3v) is 4.74. The number of methoxy groups -OCH3 is 2. The van der Waals surface area contributed by atoms with E-state index < -0.39 is 0 Å². The SMILES string of the molecule is COc1cccc(CNC(=O)CSc2ncc(-c3ccc(F)cc3)o2)c1OC. The topological polar surface area (TPSA) is 73.6 Å². The van der Waals surface area contributed by atoms with Crippen molar-refractivity contribution in [2.75, 3.05) is 20.0 Å². The molecule has 1 heterocycles. The zero-order valence-electron chi connectivity index (χ0n) is 15.4. The summed E-state index contributed by atoms with van der Waals surface area (Å²) in [6.07, 6.45) is 1.55. The number of nitrogens with one attached hydrogen (secondary N) is 1. The van der Waals surface area contributed by atoms with Gasteiger partial charge in [-0.1, -0.05) is 23.9 Å². The molecule has 0 bridgehead atoms. The number of thioether (sulfide) groups is 1. The van der Waals surface area contributed by atoms with E-state index in [1.54, 1.807) is 38.6 Å². The van der Waals surface area contributed by atoms with E-state index in [4.69, 9.17) is 13.9 Å². The van der Waals surface area contributed by atoms with Crippen LogP contribution in [0.25, 0.3) is 11.3 Å². The van der Waals surface area contributed by atoms with Gasteiger partial charge in [-0.25, -0.2) is 9.37 Å². The number of halogens is 1. The first kappa shape index (κ1) is 19.8. The van der Waals surface area contributed by atoms with Gasteiger partial charge in [0.2, 0.25) is 5.91 Å². The maximum atomic E-state index is 13.0. The van der Waals surface area contributed by atoms with Gasteiger partial charge in [0.05, 0.1) is 26.2 Å². The van der Waals surface area contributed by atoms with Gasteiger partial charge >= 0.3 is 0 Å². The lowest BCUT2D eigenvalue weighted by Crippen LogP contribution is -2.24. The Morgan fingerprint density at radius 1 is 1.18 bits per heavy atom. The van der Waals surface area contributed by atoms with Crippen molar-refractivity contribution in [1.29, 1.82) is 0 Å². The van der Waals surface area contributed by atoms with E-state index in [0.29, 0.717) is 29.0 Å². The van der Waals surface area contributed by atoms with E-state index >= 15 is 0 Å². The number of rotatable bonds is 8. The van der Waals surface area contributed by atoms with Gasteiger partial charge in [0.15, 0.2) is 17.3 Å². The summed E-state index contributed by atoms with van der Waals surface area (Å²) in [5.74, 6) is 1.38. The van der Waals surface area contributed by atoms with E-state index in [2.05, 4.69) is 10.3 Å². The van der Waals surface area contributed by atoms with Crippen LogP contribution in [0.2, 0.25) is 0 Å². The summed E-state index contributed by atoms with van der Waals surface area (Å²) < 4.78 is 29.2. The molecule has 1 aromatic heterocycles. The van der Waals surface area contributed by atoms with Crippen molar-refractivity contribution in [3.63, 3.8) is 0 Å². The predicted molar refractivity (Wildman–Crippen MR) is 104 cm³/mol. The van der Waals surface area contributed by atoms with Crippen molar-refractivity contribution >= 4 is 17.7 Å². The predicted octanol–water partition coefficient (Wildman–Crippen LogP) is 3.91. The summed E-state index contributed by atoms with van der Waals surface area (Å²) in [4.78, 5) is 16.3. The summed E-state index contributed by atoms with van der Waals surface area (Å²) in [7, 11) is 3.12. The number of hydrogen-bond acceptors (Lipinski definition) is 6. The summed E-state index contributed by atoms with van der Waals surface area (Å²) >= 11 is 1.18. The first-order valence-electron chi connectivity index (χ1n) is 8.42. The van der Waals surface area contributed by atoms with E-state index in [-0.39, 0.29) is 17.5 Å². The molecule has 0 saturated heterocycles. The van der Waals surface area contributed by atoms with Crippen LogP contribution in [0.3, 0.4) is 0 Å². The van der Waals surface area contributed by atoms with Gasteiger partial charge in [0, 0.05) is 17.7 Å². The highest BCUT2D eigenvalue weighted by atomic mass is 32.2. The van der Waals surface area contributed by atoms with Gasteiger partial charge in [-0.05, 0) is 30.3 Å². The average Bonchev–Trinajstić information content (AvgIpc) is 3.19. The van der Waals surface area contributed by atoms with E-state index in [0.717, 1.165) is 11.1 Å². The van der Waals surface area contributed by atoms with Gasteiger partial charge in [-0.2, -0.15) is 0 Å². The molecule has 0 aliphatic rings. The maximum Gasteiger partial charge on any atom is 0.256 e. The molecule has 0 atom stereocenters. The lowest BCUT2D eigenvalue weighted by molar-refractivity contribution is -0.118. The van der Waals surface area contributed by atoms with Crippen LogP contribution in [-0.2, 0) is 11.3 Å². The first-order chi connectivity index (χ1) is 13.6. The number of amides is 1. The Hall–Kier alpha value is -3.00. The number of oxazole rings is 1. The van der Waals surface area contributed by atoms with E-state index in [9.17, 15) is 9.18 Å². The average molecular weight is 402 g/mol. The van der Waals surface area contributed by atoms with Crippen LogP contribution >= 0.6 is 11.8 Å². The molecule has 0 aliphatic carbocycles. The molecule has 3 aromatic rings. The van der Waals surface area contributed by atoms with Gasteiger partial charge < -0.3 is 19.2 Å². The lowest BCUT2D eigenvalue weighted by Gasteiger charge is -2.12. The molecule has 146 valence electrons. The van der Waals surface area contributed by atoms with Crippen LogP contribution in [0.5, 0.6) is 11.5 Å². The molecule has 8 heteroatoms. The number of hydrogen-bond donors (Lipinski definition) is 1. The largest absolute Gasteiger partial charge is 0.493 e. The van der Waals surface area contributed by atoms with Crippen molar-refractivity contribution < 1.29 is 23.1 Å². The molecule has 3 rings (SSSR count). The third-order valence-electron chi connectivity index (χ3n) is 3.90. The quantitative estimate of drug-likeness (QED) is 0.576. The molecule has 0 radical (unpaired) electrons. The second-order valence-corrected chi connectivity index (χ2v) is 6.64. The highest BCUT2D eigenvalue weighted by molar-refractivity contribution is 7.99. The number of ether oxygens (including phenoxy) is 2. The molecule has 0 unspecified atom stereocenters. The van der Waals surface area contributed by atoms with Crippen LogP contribution in [0.1, 0.15) is 5.56 Å². The van der Waals surface area contributed by atoms with Gasteiger partial charge in [0.1, 0.15) is 5.82 Å². The zero-order chi connectivity index (χ0) is 19.9. The van der Waals surface area contributed by atoms with Crippen LogP contribution in [0, 0.1) is 5.82 Å². The molecule has 28 heavy (non-hydrogen) atoms. The highest BCUT2D eigenvalue weighted by Gasteiger charge is 2.12. The molecule has 0 saturated carbocycles. The Balaban J connectivity index is 1.53. The zero-order valence-corrected chi connectivity index (χ0v) is 16.2. The second-order valence-electron chi connectivity index (χ2n) is 5.72. The van der Waals surface area contributed by atoms with Gasteiger partial charge in [0.25, 0.3) is 5.22 Å². The van der Waals surface area contributed by atoms with E-state index in [1.807, 2.05) is 12.1 Å². The molecular formula is C20H19FN2O4S. The van der Waals surface area contributed by atoms with Crippen LogP contribution in [0.15, 0.2) is 58.3 Å². The maximum absolute atomic E-state index is 13.0. The minimum atomic E-state index is -0.317. The van der Waals surface area contributed by atoms with Crippen molar-refractivity contribution in [3.8, 4) is 22.8 Å². The summed E-state index contributed by atoms with van der Waals surface area (Å²) in [6, 6.07) is 11.4. The van der Waals surface area contributed by atoms with Crippen molar-refractivity contribution in [3.05, 3.63) is 60.0 Å². The minimum Gasteiger partial charge on any atom is -0.493 e. The molecule has 0 aliphatic heterocycles. The second kappa shape index (κ2) is 9.27. The van der Waals surface area contributed by atoms with Crippen LogP contribution in [0.4, 0.5) is 4.39 Å². The van der Waals surface area contributed by atoms with Crippen molar-refractivity contribution in [2.24, 2.45) is 0 Å². The minimum absolute atomic E-state index is 0.148. The molecule has 6 nitrogen and oxygen atoms in total. The fraction of sp³-hybridized carbons (Fsp3) is 0.200. The molecule has 0 fully saturated rings. The summed E-state index contributed by atoms with van der Waals surface area (Å²) in [5.41, 5.74) is 1.53. The van der Waals surface area contributed by atoms with Gasteiger partial charge in [-0.3, -0.25) is 4.79 Å². The Morgan fingerprint density at radius 2 is 1.96 bits per heavy atom. The number of nitrogens with zero attached hydrogens (tertiary/aromatic N) is 1. The standard InChI is InChI=1S/C20H19FN2O4S/c1-25-16-5-3-4-14(19(16)26-2)10-22-18(24)12-28-20-23-11-17(27-20)13-6-8-15(21)9-7-13/h3-9,11H,10,12H2,1-2H3,(H,22,24). The fourth-order valence-corrected chi connectivity index (χ4v) is 3.17. The first-order valence-corrected chi connectivity index (χ1v) is 9.40. The Kier molecular flexibility index (Phi) is 6.54. The Labute approximate surface area is 166 Å². The summed E-state index contributed by atoms with van der Waals surface area (Å²) in [5, 5.41) is 3.20. The van der Waals surface area contributed by atoms with Crippen LogP contribution < -0.4 is 14.8 Å². The fourth-order valence-electron chi connectivity index (χ4n) is 2.54. The lowest BCUT2D eigenvalue weighted by atomic mass is 10.2. The van der Waals surface area contributed by atoms with Crippen molar-refractivity contribution in [1.82, 2.24) is 10.3 Å². The Morgan fingerprint density at radius 3 is 2.68 bits per heavy atom. The normalized spacial score (nSPS) is 10.5. The van der Waals surface area contributed by atoms with E-state index in [1.165, 1.54) is 23.9 Å². The van der Waals surface area contributed by atoms with Crippen molar-refractivity contribution in [2.45, 2.75) is 11.8 Å². The molecule has 1 N–H and O–H groups in total. The molecule has 1 amide bonds.